The molecule has 1 aliphatic heterocycles. The number of carbonyl (C=O) groups is 1. The SMILES string of the molecule is COc1ccc2c(c1)COC(c1ccccc1)C2=O. The van der Waals surface area contributed by atoms with Gasteiger partial charge in [0.05, 0.1) is 13.7 Å². The largest absolute Gasteiger partial charge is 0.497 e. The summed E-state index contributed by atoms with van der Waals surface area (Å²) in [5.74, 6) is 0.753. The number of benzene rings is 2. The predicted octanol–water partition coefficient (Wildman–Crippen LogP) is 3.15. The standard InChI is InChI=1S/C16H14O3/c1-18-13-7-8-14-12(9-13)10-19-16(15(14)17)11-5-3-2-4-6-11/h2-9,16H,10H2,1H3. The summed E-state index contributed by atoms with van der Waals surface area (Å²) in [5, 5.41) is 0. The Morgan fingerprint density at radius 1 is 1.16 bits per heavy atom. The van der Waals surface area contributed by atoms with E-state index in [9.17, 15) is 4.79 Å². The predicted molar refractivity (Wildman–Crippen MR) is 71.3 cm³/mol. The Morgan fingerprint density at radius 3 is 2.68 bits per heavy atom. The quantitative estimate of drug-likeness (QED) is 0.825. The first-order chi connectivity index (χ1) is 9.29. The molecule has 0 amide bonds. The van der Waals surface area contributed by atoms with Crippen LogP contribution in [0.5, 0.6) is 5.75 Å². The van der Waals surface area contributed by atoms with Crippen LogP contribution in [0.3, 0.4) is 0 Å². The van der Waals surface area contributed by atoms with Crippen LogP contribution in [-0.4, -0.2) is 12.9 Å². The fourth-order valence-corrected chi connectivity index (χ4v) is 2.32. The smallest absolute Gasteiger partial charge is 0.196 e. The van der Waals surface area contributed by atoms with Crippen molar-refractivity contribution >= 4 is 5.78 Å². The van der Waals surface area contributed by atoms with Crippen molar-refractivity contribution in [1.82, 2.24) is 0 Å². The Kier molecular flexibility index (Phi) is 3.05. The summed E-state index contributed by atoms with van der Waals surface area (Å²) in [6.07, 6.45) is -0.498. The molecule has 3 rings (SSSR count). The van der Waals surface area contributed by atoms with E-state index in [2.05, 4.69) is 0 Å². The summed E-state index contributed by atoms with van der Waals surface area (Å²) < 4.78 is 10.9. The molecule has 2 aromatic rings. The topological polar surface area (TPSA) is 35.5 Å². The summed E-state index contributed by atoms with van der Waals surface area (Å²) in [5.41, 5.74) is 2.51. The Bertz CT molecular complexity index is 605. The van der Waals surface area contributed by atoms with Crippen molar-refractivity contribution in [2.45, 2.75) is 12.7 Å². The van der Waals surface area contributed by atoms with E-state index in [1.165, 1.54) is 0 Å². The Balaban J connectivity index is 1.97. The minimum atomic E-state index is -0.498. The third kappa shape index (κ3) is 2.13. The molecule has 0 bridgehead atoms. The number of rotatable bonds is 2. The van der Waals surface area contributed by atoms with E-state index in [1.807, 2.05) is 48.5 Å². The third-order valence-electron chi connectivity index (χ3n) is 3.32. The van der Waals surface area contributed by atoms with Gasteiger partial charge in [-0.05, 0) is 29.3 Å². The second kappa shape index (κ2) is 4.86. The average Bonchev–Trinajstić information content (AvgIpc) is 2.48. The second-order valence-corrected chi connectivity index (χ2v) is 4.49. The number of Topliss-reactive ketones (excluding diaryl/α,β-unsaturated/α-hetero) is 1. The minimum absolute atomic E-state index is 0.00935. The van der Waals surface area contributed by atoms with Crippen molar-refractivity contribution in [3.05, 3.63) is 65.2 Å². The molecule has 3 heteroatoms. The van der Waals surface area contributed by atoms with E-state index in [0.29, 0.717) is 6.61 Å². The van der Waals surface area contributed by atoms with Crippen LogP contribution in [0.2, 0.25) is 0 Å². The zero-order chi connectivity index (χ0) is 13.2. The molecule has 0 N–H and O–H groups in total. The van der Waals surface area contributed by atoms with Gasteiger partial charge in [0.2, 0.25) is 0 Å². The molecule has 1 atom stereocenters. The van der Waals surface area contributed by atoms with Gasteiger partial charge in [0.25, 0.3) is 0 Å². The molecule has 2 aromatic carbocycles. The van der Waals surface area contributed by atoms with Gasteiger partial charge in [0.15, 0.2) is 5.78 Å². The molecule has 19 heavy (non-hydrogen) atoms. The van der Waals surface area contributed by atoms with Gasteiger partial charge in [-0.1, -0.05) is 30.3 Å². The monoisotopic (exact) mass is 254 g/mol. The van der Waals surface area contributed by atoms with Gasteiger partial charge in [-0.2, -0.15) is 0 Å². The number of ketones is 1. The van der Waals surface area contributed by atoms with Gasteiger partial charge in [0.1, 0.15) is 11.9 Å². The van der Waals surface area contributed by atoms with E-state index in [4.69, 9.17) is 9.47 Å². The van der Waals surface area contributed by atoms with Crippen LogP contribution in [0.15, 0.2) is 48.5 Å². The number of methoxy groups -OCH3 is 1. The minimum Gasteiger partial charge on any atom is -0.497 e. The van der Waals surface area contributed by atoms with E-state index in [-0.39, 0.29) is 5.78 Å². The lowest BCUT2D eigenvalue weighted by atomic mass is 9.93. The Morgan fingerprint density at radius 2 is 1.95 bits per heavy atom. The summed E-state index contributed by atoms with van der Waals surface area (Å²) in [7, 11) is 1.61. The molecule has 96 valence electrons. The number of ether oxygens (including phenoxy) is 2. The van der Waals surface area contributed by atoms with Crippen molar-refractivity contribution in [2.75, 3.05) is 7.11 Å². The van der Waals surface area contributed by atoms with E-state index < -0.39 is 6.10 Å². The van der Waals surface area contributed by atoms with Crippen LogP contribution in [-0.2, 0) is 11.3 Å². The van der Waals surface area contributed by atoms with Gasteiger partial charge in [-0.15, -0.1) is 0 Å². The number of fused-ring (bicyclic) bond motifs is 1. The number of hydrogen-bond acceptors (Lipinski definition) is 3. The maximum Gasteiger partial charge on any atom is 0.196 e. The van der Waals surface area contributed by atoms with Gasteiger partial charge < -0.3 is 9.47 Å². The van der Waals surface area contributed by atoms with Crippen molar-refractivity contribution in [3.8, 4) is 5.75 Å². The highest BCUT2D eigenvalue weighted by Gasteiger charge is 2.29. The van der Waals surface area contributed by atoms with Gasteiger partial charge in [0, 0.05) is 5.56 Å². The highest BCUT2D eigenvalue weighted by molar-refractivity contribution is 6.02. The lowest BCUT2D eigenvalue weighted by Crippen LogP contribution is -2.23. The van der Waals surface area contributed by atoms with Crippen LogP contribution >= 0.6 is 0 Å². The molecule has 0 radical (unpaired) electrons. The highest BCUT2D eigenvalue weighted by Crippen LogP contribution is 2.32. The summed E-state index contributed by atoms with van der Waals surface area (Å²) >= 11 is 0. The second-order valence-electron chi connectivity index (χ2n) is 4.49. The van der Waals surface area contributed by atoms with Crippen LogP contribution < -0.4 is 4.74 Å². The molecule has 0 saturated heterocycles. The van der Waals surface area contributed by atoms with Gasteiger partial charge in [-0.25, -0.2) is 0 Å². The molecule has 0 aliphatic carbocycles. The molecule has 1 aliphatic rings. The van der Waals surface area contributed by atoms with Crippen molar-refractivity contribution in [1.29, 1.82) is 0 Å². The van der Waals surface area contributed by atoms with E-state index in [0.717, 1.165) is 22.4 Å². The van der Waals surface area contributed by atoms with E-state index >= 15 is 0 Å². The average molecular weight is 254 g/mol. The zero-order valence-corrected chi connectivity index (χ0v) is 10.6. The number of hydrogen-bond donors (Lipinski definition) is 0. The zero-order valence-electron chi connectivity index (χ0n) is 10.6. The fourth-order valence-electron chi connectivity index (χ4n) is 2.32. The first-order valence-electron chi connectivity index (χ1n) is 6.17. The fraction of sp³-hybridized carbons (Fsp3) is 0.188. The molecule has 0 fully saturated rings. The van der Waals surface area contributed by atoms with E-state index in [1.54, 1.807) is 7.11 Å². The molecule has 1 heterocycles. The Labute approximate surface area is 111 Å². The molecule has 3 nitrogen and oxygen atoms in total. The third-order valence-corrected chi connectivity index (χ3v) is 3.32. The molecular formula is C16H14O3. The maximum atomic E-state index is 12.5. The Hall–Kier alpha value is -2.13. The van der Waals surface area contributed by atoms with Crippen LogP contribution in [0, 0.1) is 0 Å². The van der Waals surface area contributed by atoms with Crippen LogP contribution in [0.1, 0.15) is 27.6 Å². The summed E-state index contributed by atoms with van der Waals surface area (Å²) in [6, 6.07) is 15.1. The molecular weight excluding hydrogens is 240 g/mol. The summed E-state index contributed by atoms with van der Waals surface area (Å²) in [4.78, 5) is 12.5. The number of carbonyl (C=O) groups excluding carboxylic acids is 1. The van der Waals surface area contributed by atoms with Gasteiger partial charge in [-0.3, -0.25) is 4.79 Å². The maximum absolute atomic E-state index is 12.5. The normalized spacial score (nSPS) is 17.9. The molecule has 0 aromatic heterocycles. The first kappa shape index (κ1) is 11.9. The molecule has 1 unspecified atom stereocenters. The lowest BCUT2D eigenvalue weighted by Gasteiger charge is -2.24. The summed E-state index contributed by atoms with van der Waals surface area (Å²) in [6.45, 7) is 0.428. The highest BCUT2D eigenvalue weighted by atomic mass is 16.5. The van der Waals surface area contributed by atoms with Crippen LogP contribution in [0.25, 0.3) is 0 Å². The van der Waals surface area contributed by atoms with Crippen molar-refractivity contribution < 1.29 is 14.3 Å². The molecule has 0 spiro atoms. The first-order valence-corrected chi connectivity index (χ1v) is 6.17. The lowest BCUT2D eigenvalue weighted by molar-refractivity contribution is 0.0256. The van der Waals surface area contributed by atoms with Crippen LogP contribution in [0.4, 0.5) is 0 Å². The van der Waals surface area contributed by atoms with Crippen molar-refractivity contribution in [3.63, 3.8) is 0 Å². The van der Waals surface area contributed by atoms with Gasteiger partial charge >= 0.3 is 0 Å². The molecule has 0 saturated carbocycles. The van der Waals surface area contributed by atoms with Crippen molar-refractivity contribution in [2.24, 2.45) is 0 Å².